The summed E-state index contributed by atoms with van der Waals surface area (Å²) >= 11 is 2.97. The molecule has 2 N–H and O–H groups in total. The summed E-state index contributed by atoms with van der Waals surface area (Å²) in [5.41, 5.74) is 1.11. The van der Waals surface area contributed by atoms with E-state index in [0.29, 0.717) is 11.3 Å². The molecule has 0 fully saturated rings. The highest BCUT2D eigenvalue weighted by Gasteiger charge is 2.31. The molecule has 0 aliphatic carbocycles. The van der Waals surface area contributed by atoms with Gasteiger partial charge in [-0.1, -0.05) is 0 Å². The number of hydrogen-bond donors (Lipinski definition) is 2. The van der Waals surface area contributed by atoms with Crippen LogP contribution in [-0.2, 0) is 4.79 Å². The number of carboxylic acids is 1. The summed E-state index contributed by atoms with van der Waals surface area (Å²) in [4.78, 5) is 10.4. The van der Waals surface area contributed by atoms with Crippen molar-refractivity contribution in [2.24, 2.45) is 0 Å². The van der Waals surface area contributed by atoms with Gasteiger partial charge in [0.1, 0.15) is 5.75 Å². The highest BCUT2D eigenvalue weighted by Crippen LogP contribution is 2.32. The van der Waals surface area contributed by atoms with Gasteiger partial charge in [-0.15, -0.1) is 13.2 Å². The average Bonchev–Trinajstić information content (AvgIpc) is 2.27. The van der Waals surface area contributed by atoms with E-state index in [1.54, 1.807) is 6.92 Å². The van der Waals surface area contributed by atoms with Crippen LogP contribution in [0.3, 0.4) is 0 Å². The second-order valence-electron chi connectivity index (χ2n) is 3.88. The molecule has 20 heavy (non-hydrogen) atoms. The van der Waals surface area contributed by atoms with Crippen molar-refractivity contribution in [3.63, 3.8) is 0 Å². The standard InChI is InChI=1S/C12H11BrF3NO3/c1-7(4-11(18)19)6-17-8-2-3-10(9(13)5-8)20-12(14,15)16/h2-5,17H,6H2,1H3,(H,18,19)/b7-4-. The fourth-order valence-electron chi connectivity index (χ4n) is 1.32. The molecule has 0 heterocycles. The van der Waals surface area contributed by atoms with Gasteiger partial charge in [0.15, 0.2) is 0 Å². The van der Waals surface area contributed by atoms with Crippen molar-refractivity contribution < 1.29 is 27.8 Å². The van der Waals surface area contributed by atoms with Gasteiger partial charge in [-0.3, -0.25) is 0 Å². The number of hydrogen-bond acceptors (Lipinski definition) is 3. The molecule has 0 aliphatic rings. The van der Waals surface area contributed by atoms with Gasteiger partial charge in [0.2, 0.25) is 0 Å². The first-order valence-electron chi connectivity index (χ1n) is 5.36. The predicted molar refractivity (Wildman–Crippen MR) is 70.7 cm³/mol. The van der Waals surface area contributed by atoms with E-state index in [9.17, 15) is 18.0 Å². The van der Waals surface area contributed by atoms with Gasteiger partial charge in [0.25, 0.3) is 0 Å². The van der Waals surface area contributed by atoms with E-state index >= 15 is 0 Å². The third kappa shape index (κ3) is 5.96. The monoisotopic (exact) mass is 353 g/mol. The second kappa shape index (κ2) is 6.65. The Hall–Kier alpha value is -1.70. The minimum atomic E-state index is -4.75. The Morgan fingerprint density at radius 2 is 2.15 bits per heavy atom. The van der Waals surface area contributed by atoms with Gasteiger partial charge in [-0.25, -0.2) is 4.79 Å². The van der Waals surface area contributed by atoms with Crippen molar-refractivity contribution in [3.05, 3.63) is 34.3 Å². The molecule has 0 amide bonds. The fraction of sp³-hybridized carbons (Fsp3) is 0.250. The van der Waals surface area contributed by atoms with E-state index < -0.39 is 12.3 Å². The maximum atomic E-state index is 12.1. The van der Waals surface area contributed by atoms with Crippen molar-refractivity contribution in [3.8, 4) is 5.75 Å². The number of alkyl halides is 3. The van der Waals surface area contributed by atoms with E-state index in [1.165, 1.54) is 12.1 Å². The average molecular weight is 354 g/mol. The Labute approximate surface area is 121 Å². The molecule has 1 aromatic carbocycles. The Bertz CT molecular complexity index is 529. The number of aliphatic carboxylic acids is 1. The van der Waals surface area contributed by atoms with Gasteiger partial charge in [-0.05, 0) is 46.6 Å². The summed E-state index contributed by atoms with van der Waals surface area (Å²) in [5, 5.41) is 11.4. The highest BCUT2D eigenvalue weighted by molar-refractivity contribution is 9.10. The van der Waals surface area contributed by atoms with Gasteiger partial charge >= 0.3 is 12.3 Å². The molecular formula is C12H11BrF3NO3. The molecule has 0 saturated carbocycles. The summed E-state index contributed by atoms with van der Waals surface area (Å²) in [6, 6.07) is 3.98. The minimum Gasteiger partial charge on any atom is -0.478 e. The smallest absolute Gasteiger partial charge is 0.478 e. The molecular weight excluding hydrogens is 343 g/mol. The van der Waals surface area contributed by atoms with Crippen LogP contribution in [0.4, 0.5) is 18.9 Å². The first-order valence-corrected chi connectivity index (χ1v) is 6.16. The van der Waals surface area contributed by atoms with Gasteiger partial charge in [0, 0.05) is 18.3 Å². The summed E-state index contributed by atoms with van der Waals surface area (Å²) in [6.45, 7) is 1.88. The summed E-state index contributed by atoms with van der Waals surface area (Å²) in [5.74, 6) is -1.40. The zero-order valence-corrected chi connectivity index (χ0v) is 11.9. The number of carbonyl (C=O) groups is 1. The highest BCUT2D eigenvalue weighted by atomic mass is 79.9. The number of ether oxygens (including phenoxy) is 1. The molecule has 0 aliphatic heterocycles. The van der Waals surface area contributed by atoms with Crippen LogP contribution in [0.5, 0.6) is 5.75 Å². The summed E-state index contributed by atoms with van der Waals surface area (Å²) in [7, 11) is 0. The van der Waals surface area contributed by atoms with Crippen molar-refractivity contribution in [2.75, 3.05) is 11.9 Å². The second-order valence-corrected chi connectivity index (χ2v) is 4.73. The zero-order chi connectivity index (χ0) is 15.3. The molecule has 0 aromatic heterocycles. The van der Waals surface area contributed by atoms with E-state index in [1.807, 2.05) is 0 Å². The lowest BCUT2D eigenvalue weighted by molar-refractivity contribution is -0.274. The van der Waals surface area contributed by atoms with Gasteiger partial charge in [0.05, 0.1) is 4.47 Å². The van der Waals surface area contributed by atoms with Crippen molar-refractivity contribution >= 4 is 27.6 Å². The number of benzene rings is 1. The van der Waals surface area contributed by atoms with Crippen molar-refractivity contribution in [2.45, 2.75) is 13.3 Å². The fourth-order valence-corrected chi connectivity index (χ4v) is 1.78. The Kier molecular flexibility index (Phi) is 5.43. The molecule has 0 atom stereocenters. The largest absolute Gasteiger partial charge is 0.573 e. The normalized spacial score (nSPS) is 12.2. The van der Waals surface area contributed by atoms with Crippen molar-refractivity contribution in [1.29, 1.82) is 0 Å². The molecule has 110 valence electrons. The zero-order valence-electron chi connectivity index (χ0n) is 10.3. The summed E-state index contributed by atoms with van der Waals surface area (Å²) < 4.78 is 40.2. The molecule has 0 spiro atoms. The van der Waals surface area contributed by atoms with Crippen LogP contribution < -0.4 is 10.1 Å². The molecule has 1 rings (SSSR count). The molecule has 8 heteroatoms. The number of carboxylic acid groups (broad SMARTS) is 1. The number of anilines is 1. The van der Waals surface area contributed by atoms with Crippen LogP contribution >= 0.6 is 15.9 Å². The maximum absolute atomic E-state index is 12.1. The van der Waals surface area contributed by atoms with Crippen LogP contribution in [0.1, 0.15) is 6.92 Å². The molecule has 0 unspecified atom stereocenters. The topological polar surface area (TPSA) is 58.6 Å². The Morgan fingerprint density at radius 1 is 1.50 bits per heavy atom. The molecule has 1 aromatic rings. The van der Waals surface area contributed by atoms with Crippen molar-refractivity contribution in [1.82, 2.24) is 0 Å². The van der Waals surface area contributed by atoms with E-state index in [2.05, 4.69) is 26.0 Å². The first-order chi connectivity index (χ1) is 9.17. The van der Waals surface area contributed by atoms with Gasteiger partial charge in [-0.2, -0.15) is 0 Å². The Morgan fingerprint density at radius 3 is 2.65 bits per heavy atom. The van der Waals surface area contributed by atoms with Crippen LogP contribution in [0.2, 0.25) is 0 Å². The molecule has 0 radical (unpaired) electrons. The minimum absolute atomic E-state index is 0.139. The molecule has 0 saturated heterocycles. The van der Waals surface area contributed by atoms with Crippen LogP contribution in [0, 0.1) is 0 Å². The third-order valence-corrected chi connectivity index (χ3v) is 2.72. The lowest BCUT2D eigenvalue weighted by atomic mass is 10.2. The predicted octanol–water partition coefficient (Wildman–Crippen LogP) is 3.79. The number of rotatable bonds is 5. The van der Waals surface area contributed by atoms with E-state index in [4.69, 9.17) is 5.11 Å². The SMILES string of the molecule is C/C(=C/C(=O)O)CNc1ccc(OC(F)(F)F)c(Br)c1. The first kappa shape index (κ1) is 16.4. The Balaban J connectivity index is 2.71. The van der Waals surface area contributed by atoms with E-state index in [-0.39, 0.29) is 16.8 Å². The lowest BCUT2D eigenvalue weighted by Crippen LogP contribution is -2.17. The van der Waals surface area contributed by atoms with Gasteiger partial charge < -0.3 is 15.2 Å². The summed E-state index contributed by atoms with van der Waals surface area (Å²) in [6.07, 6.45) is -3.71. The quantitative estimate of drug-likeness (QED) is 0.790. The lowest BCUT2D eigenvalue weighted by Gasteiger charge is -2.12. The number of nitrogens with one attached hydrogen (secondary N) is 1. The van der Waals surface area contributed by atoms with Crippen LogP contribution in [0.25, 0.3) is 0 Å². The molecule has 4 nitrogen and oxygen atoms in total. The molecule has 0 bridgehead atoms. The third-order valence-electron chi connectivity index (χ3n) is 2.10. The van der Waals surface area contributed by atoms with Crippen LogP contribution in [0.15, 0.2) is 34.3 Å². The number of halogens is 4. The maximum Gasteiger partial charge on any atom is 0.573 e. The van der Waals surface area contributed by atoms with E-state index in [0.717, 1.165) is 12.1 Å². The van der Waals surface area contributed by atoms with Crippen LogP contribution in [-0.4, -0.2) is 24.0 Å².